The first kappa shape index (κ1) is 21.1. The van der Waals surface area contributed by atoms with E-state index in [-0.39, 0.29) is 18.0 Å². The van der Waals surface area contributed by atoms with Gasteiger partial charge in [0.25, 0.3) is 0 Å². The fourth-order valence-electron chi connectivity index (χ4n) is 4.48. The molecule has 2 fully saturated rings. The van der Waals surface area contributed by atoms with Crippen LogP contribution in [0.5, 0.6) is 0 Å². The number of carbonyl (C=O) groups excluding carboxylic acids is 2. The zero-order valence-electron chi connectivity index (χ0n) is 17.7. The summed E-state index contributed by atoms with van der Waals surface area (Å²) in [7, 11) is 0. The number of benzene rings is 1. The van der Waals surface area contributed by atoms with Gasteiger partial charge in [0.05, 0.1) is 0 Å². The number of carbonyl (C=O) groups is 2. The predicted octanol–water partition coefficient (Wildman–Crippen LogP) is 2.37. The van der Waals surface area contributed by atoms with Gasteiger partial charge in [0.15, 0.2) is 0 Å². The number of amides is 3. The lowest BCUT2D eigenvalue weighted by Crippen LogP contribution is -2.62. The van der Waals surface area contributed by atoms with Crippen molar-refractivity contribution in [3.8, 4) is 0 Å². The van der Waals surface area contributed by atoms with Gasteiger partial charge < -0.3 is 20.9 Å². The fourth-order valence-corrected chi connectivity index (χ4v) is 4.48. The van der Waals surface area contributed by atoms with Crippen molar-refractivity contribution in [2.45, 2.75) is 56.7 Å². The average Bonchev–Trinajstić information content (AvgIpc) is 3.29. The van der Waals surface area contributed by atoms with Gasteiger partial charge in [-0.25, -0.2) is 14.8 Å². The Kier molecular flexibility index (Phi) is 6.64. The van der Waals surface area contributed by atoms with Crippen LogP contribution in [0.2, 0.25) is 0 Å². The highest BCUT2D eigenvalue weighted by Crippen LogP contribution is 2.30. The van der Waals surface area contributed by atoms with E-state index in [1.807, 2.05) is 30.3 Å². The van der Waals surface area contributed by atoms with Crippen LogP contribution in [0.1, 0.15) is 44.1 Å². The quantitative estimate of drug-likeness (QED) is 0.664. The summed E-state index contributed by atoms with van der Waals surface area (Å²) >= 11 is 0. The monoisotopic (exact) mass is 422 g/mol. The average molecular weight is 423 g/mol. The lowest BCUT2D eigenvalue weighted by Gasteiger charge is -2.36. The molecule has 1 saturated carbocycles. The molecule has 1 aliphatic heterocycles. The van der Waals surface area contributed by atoms with Crippen molar-refractivity contribution in [1.29, 1.82) is 0 Å². The molecular weight excluding hydrogens is 392 g/mol. The van der Waals surface area contributed by atoms with E-state index in [1.165, 1.54) is 0 Å². The predicted molar refractivity (Wildman–Crippen MR) is 118 cm³/mol. The number of piperidine rings is 1. The molecule has 8 heteroatoms. The highest BCUT2D eigenvalue weighted by atomic mass is 16.2. The molecule has 0 radical (unpaired) electrons. The summed E-state index contributed by atoms with van der Waals surface area (Å²) in [6.45, 7) is 1.98. The maximum Gasteiger partial charge on any atom is 0.315 e. The van der Waals surface area contributed by atoms with Crippen LogP contribution in [0.15, 0.2) is 48.8 Å². The Hall–Kier alpha value is -3.16. The van der Waals surface area contributed by atoms with Gasteiger partial charge in [0, 0.05) is 38.1 Å². The van der Waals surface area contributed by atoms with Gasteiger partial charge in [-0.2, -0.15) is 0 Å². The Morgan fingerprint density at radius 1 is 1.03 bits per heavy atom. The second-order valence-electron chi connectivity index (χ2n) is 8.39. The van der Waals surface area contributed by atoms with Crippen molar-refractivity contribution in [3.05, 3.63) is 54.4 Å². The first-order valence-corrected chi connectivity index (χ1v) is 11.1. The molecule has 4 rings (SSSR count). The van der Waals surface area contributed by atoms with Crippen LogP contribution in [-0.2, 0) is 11.3 Å². The molecule has 31 heavy (non-hydrogen) atoms. The first-order chi connectivity index (χ1) is 15.1. The Morgan fingerprint density at radius 3 is 2.52 bits per heavy atom. The highest BCUT2D eigenvalue weighted by Gasteiger charge is 2.43. The fraction of sp³-hybridized carbons (Fsp3) is 0.478. The second kappa shape index (κ2) is 9.76. The summed E-state index contributed by atoms with van der Waals surface area (Å²) in [5.41, 5.74) is 0.180. The van der Waals surface area contributed by atoms with Crippen molar-refractivity contribution >= 4 is 17.9 Å². The number of anilines is 1. The third-order valence-electron chi connectivity index (χ3n) is 6.13. The van der Waals surface area contributed by atoms with Gasteiger partial charge in [0.2, 0.25) is 11.9 Å². The third-order valence-corrected chi connectivity index (χ3v) is 6.13. The zero-order valence-corrected chi connectivity index (χ0v) is 17.7. The van der Waals surface area contributed by atoms with E-state index in [2.05, 4.69) is 30.8 Å². The number of hydrogen-bond acceptors (Lipinski definition) is 5. The molecule has 1 atom stereocenters. The molecule has 1 aliphatic carbocycles. The zero-order chi connectivity index (χ0) is 21.5. The SMILES string of the molecule is O=C(NCc1ccccc1)NC1(C(=O)N[C@H]2CCCN(c3ncccn3)C2)CCCC1. The van der Waals surface area contributed by atoms with Crippen LogP contribution in [-0.4, -0.2) is 46.6 Å². The molecule has 2 aromatic rings. The van der Waals surface area contributed by atoms with Gasteiger partial charge in [-0.15, -0.1) is 0 Å². The molecule has 0 unspecified atom stereocenters. The summed E-state index contributed by atoms with van der Waals surface area (Å²) in [4.78, 5) is 36.6. The first-order valence-electron chi connectivity index (χ1n) is 11.1. The Morgan fingerprint density at radius 2 is 1.77 bits per heavy atom. The molecule has 1 saturated heterocycles. The smallest absolute Gasteiger partial charge is 0.315 e. The van der Waals surface area contributed by atoms with Crippen LogP contribution in [0.4, 0.5) is 10.7 Å². The normalized spacial score (nSPS) is 20.1. The number of nitrogens with one attached hydrogen (secondary N) is 3. The van der Waals surface area contributed by atoms with E-state index in [9.17, 15) is 9.59 Å². The number of nitrogens with zero attached hydrogens (tertiary/aromatic N) is 3. The van der Waals surface area contributed by atoms with Crippen LogP contribution in [0, 0.1) is 0 Å². The number of hydrogen-bond donors (Lipinski definition) is 3. The summed E-state index contributed by atoms with van der Waals surface area (Å²) in [6, 6.07) is 11.3. The van der Waals surface area contributed by atoms with Gasteiger partial charge in [-0.3, -0.25) is 4.79 Å². The van der Waals surface area contributed by atoms with Gasteiger partial charge in [-0.1, -0.05) is 43.2 Å². The minimum absolute atomic E-state index is 0.0108. The molecule has 3 N–H and O–H groups in total. The third kappa shape index (κ3) is 5.31. The summed E-state index contributed by atoms with van der Waals surface area (Å²) in [5.74, 6) is 0.608. The van der Waals surface area contributed by atoms with Crippen molar-refractivity contribution in [3.63, 3.8) is 0 Å². The largest absolute Gasteiger partial charge is 0.350 e. The van der Waals surface area contributed by atoms with Crippen LogP contribution >= 0.6 is 0 Å². The van der Waals surface area contributed by atoms with E-state index in [4.69, 9.17) is 0 Å². The lowest BCUT2D eigenvalue weighted by molar-refractivity contribution is -0.127. The Labute approximate surface area is 182 Å². The molecule has 0 spiro atoms. The van der Waals surface area contributed by atoms with Crippen LogP contribution < -0.4 is 20.9 Å². The molecular formula is C23H30N6O2. The molecule has 8 nitrogen and oxygen atoms in total. The molecule has 164 valence electrons. The van der Waals surface area contributed by atoms with E-state index >= 15 is 0 Å². The summed E-state index contributed by atoms with van der Waals surface area (Å²) < 4.78 is 0. The van der Waals surface area contributed by atoms with Crippen LogP contribution in [0.25, 0.3) is 0 Å². The molecule has 1 aromatic carbocycles. The minimum atomic E-state index is -0.841. The van der Waals surface area contributed by atoms with Gasteiger partial charge in [-0.05, 0) is 37.3 Å². The Balaban J connectivity index is 1.35. The van der Waals surface area contributed by atoms with Crippen molar-refractivity contribution < 1.29 is 9.59 Å². The summed E-state index contributed by atoms with van der Waals surface area (Å²) in [6.07, 6.45) is 8.52. The molecule has 2 heterocycles. The number of rotatable bonds is 6. The van der Waals surface area contributed by atoms with E-state index < -0.39 is 5.54 Å². The van der Waals surface area contributed by atoms with E-state index in [0.717, 1.165) is 37.8 Å². The topological polar surface area (TPSA) is 99.2 Å². The molecule has 2 aliphatic rings. The standard InChI is InChI=1S/C23H30N6O2/c30-20(27-19-10-6-15-29(17-19)21-24-13-7-14-25-21)23(11-4-5-12-23)28-22(31)26-16-18-8-2-1-3-9-18/h1-3,7-9,13-14,19H,4-6,10-12,15-17H2,(H,27,30)(H2,26,28,31)/t19-/m0/s1. The molecule has 3 amide bonds. The maximum atomic E-state index is 13.3. The van der Waals surface area contributed by atoms with Gasteiger partial charge >= 0.3 is 6.03 Å². The van der Waals surface area contributed by atoms with Crippen molar-refractivity contribution in [2.24, 2.45) is 0 Å². The molecule has 0 bridgehead atoms. The minimum Gasteiger partial charge on any atom is -0.350 e. The van der Waals surface area contributed by atoms with Crippen LogP contribution in [0.3, 0.4) is 0 Å². The van der Waals surface area contributed by atoms with Gasteiger partial charge in [0.1, 0.15) is 5.54 Å². The van der Waals surface area contributed by atoms with Crippen molar-refractivity contribution in [1.82, 2.24) is 25.9 Å². The van der Waals surface area contributed by atoms with E-state index in [0.29, 0.717) is 31.9 Å². The summed E-state index contributed by atoms with van der Waals surface area (Å²) in [5, 5.41) is 9.08. The second-order valence-corrected chi connectivity index (χ2v) is 8.39. The highest BCUT2D eigenvalue weighted by molar-refractivity contribution is 5.91. The lowest BCUT2D eigenvalue weighted by atomic mass is 9.95. The maximum absolute atomic E-state index is 13.3. The number of aromatic nitrogens is 2. The number of urea groups is 1. The Bertz CT molecular complexity index is 870. The van der Waals surface area contributed by atoms with E-state index in [1.54, 1.807) is 18.5 Å². The van der Waals surface area contributed by atoms with Crippen molar-refractivity contribution in [2.75, 3.05) is 18.0 Å². The molecule has 1 aromatic heterocycles.